The number of methoxy groups -OCH3 is 2. The summed E-state index contributed by atoms with van der Waals surface area (Å²) in [5.74, 6) is -0.380. The zero-order valence-corrected chi connectivity index (χ0v) is 26.3. The molecular formula is C31H38ClN3O6S. The minimum atomic E-state index is -4.28. The fraction of sp³-hybridized carbons (Fsp3) is 0.355. The molecule has 2 atom stereocenters. The van der Waals surface area contributed by atoms with E-state index in [2.05, 4.69) is 5.32 Å². The first-order valence-corrected chi connectivity index (χ1v) is 15.4. The van der Waals surface area contributed by atoms with Gasteiger partial charge < -0.3 is 19.7 Å². The van der Waals surface area contributed by atoms with Gasteiger partial charge in [-0.2, -0.15) is 0 Å². The maximum absolute atomic E-state index is 14.2. The van der Waals surface area contributed by atoms with Gasteiger partial charge in [0, 0.05) is 23.7 Å². The van der Waals surface area contributed by atoms with Gasteiger partial charge in [-0.3, -0.25) is 13.9 Å². The second kappa shape index (κ2) is 14.4. The van der Waals surface area contributed by atoms with E-state index in [-0.39, 0.29) is 34.8 Å². The highest BCUT2D eigenvalue weighted by atomic mass is 35.5. The lowest BCUT2D eigenvalue weighted by molar-refractivity contribution is -0.139. The number of amides is 2. The lowest BCUT2D eigenvalue weighted by Gasteiger charge is -2.33. The standard InChI is InChI=1S/C31H38ClN3O6S/c1-7-22(3)33-31(37)23(4)34(19-24-10-8-9-11-27(24)32)30(36)20-35(28-18-25(40-5)14-17-29(28)41-6)42(38,39)26-15-12-21(2)13-16-26/h8-18,22-23H,7,19-20H2,1-6H3,(H,33,37). The molecule has 0 fully saturated rings. The number of halogens is 1. The number of carbonyl (C=O) groups is 2. The first-order valence-electron chi connectivity index (χ1n) is 13.6. The van der Waals surface area contributed by atoms with Gasteiger partial charge in [0.2, 0.25) is 11.8 Å². The number of aryl methyl sites for hydroxylation is 1. The Bertz CT molecular complexity index is 1500. The van der Waals surface area contributed by atoms with Crippen LogP contribution in [0.3, 0.4) is 0 Å². The van der Waals surface area contributed by atoms with Crippen molar-refractivity contribution in [1.29, 1.82) is 0 Å². The third-order valence-electron chi connectivity index (χ3n) is 7.01. The Hall–Kier alpha value is -3.76. The quantitative estimate of drug-likeness (QED) is 0.284. The van der Waals surface area contributed by atoms with E-state index in [1.54, 1.807) is 55.5 Å². The molecule has 2 amide bonds. The number of sulfonamides is 1. The monoisotopic (exact) mass is 615 g/mol. The fourth-order valence-corrected chi connectivity index (χ4v) is 5.81. The minimum absolute atomic E-state index is 0.00834. The number of hydrogen-bond donors (Lipinski definition) is 1. The molecule has 0 heterocycles. The van der Waals surface area contributed by atoms with Crippen LogP contribution < -0.4 is 19.1 Å². The third kappa shape index (κ3) is 7.74. The second-order valence-electron chi connectivity index (χ2n) is 9.97. The zero-order chi connectivity index (χ0) is 31.0. The first kappa shape index (κ1) is 32.8. The predicted octanol–water partition coefficient (Wildman–Crippen LogP) is 5.19. The van der Waals surface area contributed by atoms with Crippen molar-refractivity contribution in [3.8, 4) is 11.5 Å². The molecule has 0 aliphatic carbocycles. The molecule has 3 aromatic rings. The summed E-state index contributed by atoms with van der Waals surface area (Å²) in [5.41, 5.74) is 1.60. The second-order valence-corrected chi connectivity index (χ2v) is 12.2. The molecule has 3 rings (SSSR count). The summed E-state index contributed by atoms with van der Waals surface area (Å²) in [6.07, 6.45) is 0.703. The molecular weight excluding hydrogens is 578 g/mol. The Morgan fingerprint density at radius 3 is 2.24 bits per heavy atom. The molecule has 226 valence electrons. The fourth-order valence-electron chi connectivity index (χ4n) is 4.20. The number of benzene rings is 3. The molecule has 0 bridgehead atoms. The van der Waals surface area contributed by atoms with Gasteiger partial charge in [-0.1, -0.05) is 54.4 Å². The van der Waals surface area contributed by atoms with Crippen LogP contribution in [-0.2, 0) is 26.2 Å². The average Bonchev–Trinajstić information content (AvgIpc) is 2.98. The highest BCUT2D eigenvalue weighted by molar-refractivity contribution is 7.92. The van der Waals surface area contributed by atoms with Crippen molar-refractivity contribution >= 4 is 39.1 Å². The Kier molecular flexibility index (Phi) is 11.2. The Balaban J connectivity index is 2.13. The number of anilines is 1. The number of rotatable bonds is 13. The van der Waals surface area contributed by atoms with E-state index in [0.717, 1.165) is 9.87 Å². The minimum Gasteiger partial charge on any atom is -0.497 e. The molecule has 0 saturated heterocycles. The van der Waals surface area contributed by atoms with E-state index in [1.807, 2.05) is 20.8 Å². The van der Waals surface area contributed by atoms with Crippen molar-refractivity contribution in [3.05, 3.63) is 82.9 Å². The Morgan fingerprint density at radius 1 is 0.976 bits per heavy atom. The smallest absolute Gasteiger partial charge is 0.264 e. The summed E-state index contributed by atoms with van der Waals surface area (Å²) in [6, 6.07) is 17.0. The molecule has 9 nitrogen and oxygen atoms in total. The number of carbonyl (C=O) groups excluding carboxylic acids is 2. The van der Waals surface area contributed by atoms with Crippen LogP contribution in [-0.4, -0.2) is 58.0 Å². The molecule has 0 aromatic heterocycles. The molecule has 2 unspecified atom stereocenters. The molecule has 42 heavy (non-hydrogen) atoms. The van der Waals surface area contributed by atoms with Crippen LogP contribution in [0.15, 0.2) is 71.6 Å². The molecule has 0 saturated carbocycles. The van der Waals surface area contributed by atoms with Crippen molar-refractivity contribution < 1.29 is 27.5 Å². The summed E-state index contributed by atoms with van der Waals surface area (Å²) in [6.45, 7) is 6.64. The Labute approximate surface area is 253 Å². The van der Waals surface area contributed by atoms with E-state index >= 15 is 0 Å². The van der Waals surface area contributed by atoms with Crippen molar-refractivity contribution in [3.63, 3.8) is 0 Å². The summed E-state index contributed by atoms with van der Waals surface area (Å²) in [5, 5.41) is 3.33. The van der Waals surface area contributed by atoms with Gasteiger partial charge in [0.1, 0.15) is 24.1 Å². The maximum atomic E-state index is 14.2. The SMILES string of the molecule is CCC(C)NC(=O)C(C)N(Cc1ccccc1Cl)C(=O)CN(c1cc(OC)ccc1OC)S(=O)(=O)c1ccc(C)cc1. The molecule has 3 aromatic carbocycles. The van der Waals surface area contributed by atoms with Crippen LogP contribution in [0.2, 0.25) is 5.02 Å². The predicted molar refractivity (Wildman–Crippen MR) is 165 cm³/mol. The number of ether oxygens (including phenoxy) is 2. The molecule has 0 aliphatic heterocycles. The Morgan fingerprint density at radius 2 is 1.64 bits per heavy atom. The van der Waals surface area contributed by atoms with Crippen LogP contribution in [0, 0.1) is 6.92 Å². The summed E-state index contributed by atoms with van der Waals surface area (Å²) < 4.78 is 40.1. The van der Waals surface area contributed by atoms with Crippen molar-refractivity contribution in [2.75, 3.05) is 25.1 Å². The van der Waals surface area contributed by atoms with E-state index < -0.39 is 28.5 Å². The van der Waals surface area contributed by atoms with Gasteiger partial charge in [0.15, 0.2) is 0 Å². The van der Waals surface area contributed by atoms with Crippen molar-refractivity contribution in [1.82, 2.24) is 10.2 Å². The van der Waals surface area contributed by atoms with E-state index in [0.29, 0.717) is 22.8 Å². The molecule has 1 N–H and O–H groups in total. The maximum Gasteiger partial charge on any atom is 0.264 e. The number of hydrogen-bond acceptors (Lipinski definition) is 6. The van der Waals surface area contributed by atoms with Crippen LogP contribution in [0.25, 0.3) is 0 Å². The van der Waals surface area contributed by atoms with Gasteiger partial charge >= 0.3 is 0 Å². The summed E-state index contributed by atoms with van der Waals surface area (Å²) >= 11 is 6.43. The van der Waals surface area contributed by atoms with Crippen molar-refractivity contribution in [2.45, 2.75) is 57.6 Å². The van der Waals surface area contributed by atoms with Gasteiger partial charge in [0.05, 0.1) is 24.8 Å². The van der Waals surface area contributed by atoms with Crippen LogP contribution in [0.1, 0.15) is 38.3 Å². The lowest BCUT2D eigenvalue weighted by Crippen LogP contribution is -2.52. The average molecular weight is 616 g/mol. The summed E-state index contributed by atoms with van der Waals surface area (Å²) in [4.78, 5) is 28.7. The first-order chi connectivity index (χ1) is 19.9. The van der Waals surface area contributed by atoms with Crippen LogP contribution >= 0.6 is 11.6 Å². The normalized spacial score (nSPS) is 12.6. The van der Waals surface area contributed by atoms with Gasteiger partial charge in [0.25, 0.3) is 10.0 Å². The highest BCUT2D eigenvalue weighted by Gasteiger charge is 2.34. The molecule has 0 radical (unpaired) electrons. The van der Waals surface area contributed by atoms with E-state index in [9.17, 15) is 18.0 Å². The summed E-state index contributed by atoms with van der Waals surface area (Å²) in [7, 11) is -1.41. The topological polar surface area (TPSA) is 105 Å². The van der Waals surface area contributed by atoms with E-state index in [4.69, 9.17) is 21.1 Å². The van der Waals surface area contributed by atoms with Gasteiger partial charge in [-0.25, -0.2) is 8.42 Å². The number of nitrogens with zero attached hydrogens (tertiary/aromatic N) is 2. The largest absolute Gasteiger partial charge is 0.497 e. The highest BCUT2D eigenvalue weighted by Crippen LogP contribution is 2.36. The van der Waals surface area contributed by atoms with Crippen molar-refractivity contribution in [2.24, 2.45) is 0 Å². The third-order valence-corrected chi connectivity index (χ3v) is 9.15. The molecule has 0 spiro atoms. The van der Waals surface area contributed by atoms with E-state index in [1.165, 1.54) is 37.3 Å². The van der Waals surface area contributed by atoms with Crippen LogP contribution in [0.4, 0.5) is 5.69 Å². The van der Waals surface area contributed by atoms with Gasteiger partial charge in [-0.15, -0.1) is 0 Å². The zero-order valence-electron chi connectivity index (χ0n) is 24.8. The van der Waals surface area contributed by atoms with Crippen LogP contribution in [0.5, 0.6) is 11.5 Å². The number of nitrogens with one attached hydrogen (secondary N) is 1. The molecule has 11 heteroatoms. The lowest BCUT2D eigenvalue weighted by atomic mass is 10.1. The molecule has 0 aliphatic rings. The van der Waals surface area contributed by atoms with Gasteiger partial charge in [-0.05, 0) is 63.1 Å².